The number of aliphatic hydroxyl groups excluding tert-OH is 1. The Bertz CT molecular complexity index is 232. The molecule has 11 heavy (non-hydrogen) atoms. The topological polar surface area (TPSA) is 57.6 Å². The van der Waals surface area contributed by atoms with Gasteiger partial charge in [0.25, 0.3) is 11.8 Å². The molecule has 0 unspecified atom stereocenters. The average molecular weight is 155 g/mol. The van der Waals surface area contributed by atoms with Crippen molar-refractivity contribution in [3.8, 4) is 0 Å². The maximum Gasteiger partial charge on any atom is 0.256 e. The molecule has 2 amide bonds. The van der Waals surface area contributed by atoms with E-state index in [4.69, 9.17) is 5.11 Å². The highest BCUT2D eigenvalue weighted by Crippen LogP contribution is 2.10. The van der Waals surface area contributed by atoms with E-state index in [0.29, 0.717) is 5.57 Å². The maximum atomic E-state index is 11.0. The lowest BCUT2D eigenvalue weighted by atomic mass is 10.3. The van der Waals surface area contributed by atoms with Crippen LogP contribution in [-0.4, -0.2) is 35.0 Å². The Morgan fingerprint density at radius 1 is 1.55 bits per heavy atom. The molecule has 1 N–H and O–H groups in total. The zero-order valence-corrected chi connectivity index (χ0v) is 6.20. The van der Waals surface area contributed by atoms with Crippen LogP contribution in [0.4, 0.5) is 0 Å². The van der Waals surface area contributed by atoms with Gasteiger partial charge in [-0.05, 0) is 6.92 Å². The first-order chi connectivity index (χ1) is 5.16. The van der Waals surface area contributed by atoms with Gasteiger partial charge in [-0.2, -0.15) is 0 Å². The predicted molar refractivity (Wildman–Crippen MR) is 37.6 cm³/mol. The van der Waals surface area contributed by atoms with E-state index in [1.165, 1.54) is 6.08 Å². The largest absolute Gasteiger partial charge is 0.395 e. The van der Waals surface area contributed by atoms with Gasteiger partial charge >= 0.3 is 0 Å². The number of imide groups is 1. The Labute approximate surface area is 64.1 Å². The molecule has 0 aromatic rings. The molecule has 0 aromatic carbocycles. The lowest BCUT2D eigenvalue weighted by molar-refractivity contribution is -0.137. The van der Waals surface area contributed by atoms with E-state index in [1.54, 1.807) is 6.92 Å². The van der Waals surface area contributed by atoms with Gasteiger partial charge in [0, 0.05) is 11.6 Å². The van der Waals surface area contributed by atoms with Crippen LogP contribution in [0.25, 0.3) is 0 Å². The number of aliphatic hydroxyl groups is 1. The maximum absolute atomic E-state index is 11.0. The monoisotopic (exact) mass is 155 g/mol. The molecular weight excluding hydrogens is 146 g/mol. The summed E-state index contributed by atoms with van der Waals surface area (Å²) in [5.41, 5.74) is 0.434. The summed E-state index contributed by atoms with van der Waals surface area (Å²) in [5, 5.41) is 8.48. The molecule has 4 nitrogen and oxygen atoms in total. The van der Waals surface area contributed by atoms with E-state index in [1.807, 2.05) is 0 Å². The second-order valence-electron chi connectivity index (χ2n) is 2.35. The molecule has 0 bridgehead atoms. The van der Waals surface area contributed by atoms with E-state index >= 15 is 0 Å². The lowest BCUT2D eigenvalue weighted by Gasteiger charge is -2.11. The van der Waals surface area contributed by atoms with Gasteiger partial charge in [-0.15, -0.1) is 0 Å². The third kappa shape index (κ3) is 1.30. The van der Waals surface area contributed by atoms with Gasteiger partial charge in [0.15, 0.2) is 0 Å². The number of carbonyl (C=O) groups excluding carboxylic acids is 2. The summed E-state index contributed by atoms with van der Waals surface area (Å²) < 4.78 is 0. The summed E-state index contributed by atoms with van der Waals surface area (Å²) in [5.74, 6) is -0.634. The van der Waals surface area contributed by atoms with Gasteiger partial charge in [-0.1, -0.05) is 0 Å². The molecule has 60 valence electrons. The molecule has 0 saturated carbocycles. The lowest BCUT2D eigenvalue weighted by Crippen LogP contribution is -2.33. The van der Waals surface area contributed by atoms with Crippen molar-refractivity contribution in [3.05, 3.63) is 11.6 Å². The highest BCUT2D eigenvalue weighted by molar-refractivity contribution is 6.15. The Hall–Kier alpha value is -1.16. The molecule has 0 aromatic heterocycles. The van der Waals surface area contributed by atoms with Crippen molar-refractivity contribution in [1.29, 1.82) is 0 Å². The fourth-order valence-corrected chi connectivity index (χ4v) is 0.950. The molecule has 1 aliphatic heterocycles. The van der Waals surface area contributed by atoms with E-state index in [-0.39, 0.29) is 25.0 Å². The van der Waals surface area contributed by atoms with Crippen LogP contribution >= 0.6 is 0 Å². The third-order valence-electron chi connectivity index (χ3n) is 1.51. The minimum atomic E-state index is -0.332. The number of hydrogen-bond acceptors (Lipinski definition) is 3. The van der Waals surface area contributed by atoms with Gasteiger partial charge in [-0.3, -0.25) is 14.5 Å². The highest BCUT2D eigenvalue weighted by Gasteiger charge is 2.27. The minimum absolute atomic E-state index is 0.0888. The third-order valence-corrected chi connectivity index (χ3v) is 1.51. The molecule has 0 saturated heterocycles. The second-order valence-corrected chi connectivity index (χ2v) is 2.35. The van der Waals surface area contributed by atoms with Crippen LogP contribution in [0.3, 0.4) is 0 Å². The zero-order valence-electron chi connectivity index (χ0n) is 6.20. The summed E-state index contributed by atoms with van der Waals surface area (Å²) in [6.07, 6.45) is 1.28. The molecule has 0 radical (unpaired) electrons. The average Bonchev–Trinajstić information content (AvgIpc) is 2.17. The standard InChI is InChI=1S/C7H9NO3/c1-5-4-6(10)8(2-3-9)7(5)11/h4,9H,2-3H2,1H3. The van der Waals surface area contributed by atoms with Gasteiger partial charge in [0.1, 0.15) is 0 Å². The Morgan fingerprint density at radius 3 is 2.55 bits per heavy atom. The highest BCUT2D eigenvalue weighted by atomic mass is 16.3. The first kappa shape index (κ1) is 7.94. The quantitative estimate of drug-likeness (QED) is 0.536. The SMILES string of the molecule is CC1=CC(=O)N(CCO)C1=O. The van der Waals surface area contributed by atoms with Crippen molar-refractivity contribution >= 4 is 11.8 Å². The zero-order chi connectivity index (χ0) is 8.43. The summed E-state index contributed by atoms with van der Waals surface area (Å²) >= 11 is 0. The van der Waals surface area contributed by atoms with Crippen LogP contribution < -0.4 is 0 Å². The van der Waals surface area contributed by atoms with E-state index in [2.05, 4.69) is 0 Å². The minimum Gasteiger partial charge on any atom is -0.395 e. The number of nitrogens with zero attached hydrogens (tertiary/aromatic N) is 1. The van der Waals surface area contributed by atoms with Crippen molar-refractivity contribution in [2.45, 2.75) is 6.92 Å². The molecule has 1 aliphatic rings. The van der Waals surface area contributed by atoms with Crippen molar-refractivity contribution < 1.29 is 14.7 Å². The molecule has 1 rings (SSSR count). The number of β-amino-alcohol motifs (C(OH)–C–C–N with tert-alkyl or cyclic N) is 1. The van der Waals surface area contributed by atoms with Crippen LogP contribution in [0.5, 0.6) is 0 Å². The van der Waals surface area contributed by atoms with Crippen molar-refractivity contribution in [2.75, 3.05) is 13.2 Å². The van der Waals surface area contributed by atoms with Crippen molar-refractivity contribution in [3.63, 3.8) is 0 Å². The Morgan fingerprint density at radius 2 is 2.18 bits per heavy atom. The predicted octanol–water partition coefficient (Wildman–Crippen LogP) is -0.706. The van der Waals surface area contributed by atoms with Crippen molar-refractivity contribution in [2.24, 2.45) is 0 Å². The number of amides is 2. The molecule has 0 fully saturated rings. The van der Waals surface area contributed by atoms with E-state index in [9.17, 15) is 9.59 Å². The van der Waals surface area contributed by atoms with Crippen molar-refractivity contribution in [1.82, 2.24) is 4.90 Å². The Balaban J connectivity index is 2.73. The summed E-state index contributed by atoms with van der Waals surface area (Å²) in [6.45, 7) is 1.49. The van der Waals surface area contributed by atoms with Crippen LogP contribution in [-0.2, 0) is 9.59 Å². The van der Waals surface area contributed by atoms with Crippen LogP contribution in [0.1, 0.15) is 6.92 Å². The first-order valence-electron chi connectivity index (χ1n) is 3.32. The fraction of sp³-hybridized carbons (Fsp3) is 0.429. The van der Waals surface area contributed by atoms with Gasteiger partial charge in [0.2, 0.25) is 0 Å². The normalized spacial score (nSPS) is 17.6. The molecule has 1 heterocycles. The first-order valence-corrected chi connectivity index (χ1v) is 3.32. The van der Waals surface area contributed by atoms with Crippen LogP contribution in [0.15, 0.2) is 11.6 Å². The van der Waals surface area contributed by atoms with Gasteiger partial charge < -0.3 is 5.11 Å². The summed E-state index contributed by atoms with van der Waals surface area (Å²) in [4.78, 5) is 23.0. The van der Waals surface area contributed by atoms with Crippen LogP contribution in [0.2, 0.25) is 0 Å². The molecular formula is C7H9NO3. The molecule has 0 aliphatic carbocycles. The number of hydrogen-bond donors (Lipinski definition) is 1. The molecule has 4 heteroatoms. The fourth-order valence-electron chi connectivity index (χ4n) is 0.950. The smallest absolute Gasteiger partial charge is 0.256 e. The summed E-state index contributed by atoms with van der Waals surface area (Å²) in [7, 11) is 0. The van der Waals surface area contributed by atoms with Crippen LogP contribution in [0, 0.1) is 0 Å². The number of carbonyl (C=O) groups is 2. The van der Waals surface area contributed by atoms with Gasteiger partial charge in [-0.25, -0.2) is 0 Å². The molecule has 0 atom stereocenters. The van der Waals surface area contributed by atoms with E-state index in [0.717, 1.165) is 4.90 Å². The van der Waals surface area contributed by atoms with Gasteiger partial charge in [0.05, 0.1) is 13.2 Å². The Kier molecular flexibility index (Phi) is 2.05. The van der Waals surface area contributed by atoms with E-state index < -0.39 is 0 Å². The molecule has 0 spiro atoms. The second kappa shape index (κ2) is 2.84. The number of rotatable bonds is 2. The summed E-state index contributed by atoms with van der Waals surface area (Å²) in [6, 6.07) is 0.